The highest BCUT2D eigenvalue weighted by molar-refractivity contribution is 5.86. The van der Waals surface area contributed by atoms with E-state index in [1.54, 1.807) is 4.90 Å². The van der Waals surface area contributed by atoms with Crippen LogP contribution in [0.15, 0.2) is 54.6 Å². The summed E-state index contributed by atoms with van der Waals surface area (Å²) in [6.45, 7) is 2.19. The van der Waals surface area contributed by atoms with E-state index in [0.29, 0.717) is 37.5 Å². The first-order valence-electron chi connectivity index (χ1n) is 10.2. The molecule has 2 heterocycles. The molecular formula is C24H25N3O2. The van der Waals surface area contributed by atoms with Gasteiger partial charge in [0.15, 0.2) is 0 Å². The van der Waals surface area contributed by atoms with E-state index in [-0.39, 0.29) is 24.3 Å². The van der Waals surface area contributed by atoms with Crippen LogP contribution in [0, 0.1) is 11.3 Å². The van der Waals surface area contributed by atoms with Gasteiger partial charge < -0.3 is 9.80 Å². The zero-order valence-corrected chi connectivity index (χ0v) is 16.5. The lowest BCUT2D eigenvalue weighted by atomic mass is 9.88. The maximum absolute atomic E-state index is 12.8. The summed E-state index contributed by atoms with van der Waals surface area (Å²) in [4.78, 5) is 28.8. The van der Waals surface area contributed by atoms with E-state index in [0.717, 1.165) is 18.4 Å². The molecule has 5 nitrogen and oxygen atoms in total. The Balaban J connectivity index is 1.31. The van der Waals surface area contributed by atoms with Gasteiger partial charge in [-0.2, -0.15) is 5.26 Å². The molecule has 2 saturated heterocycles. The average molecular weight is 387 g/mol. The van der Waals surface area contributed by atoms with Crippen molar-refractivity contribution in [1.82, 2.24) is 9.80 Å². The highest BCUT2D eigenvalue weighted by Gasteiger charge is 2.33. The predicted octanol–water partition coefficient (Wildman–Crippen LogP) is 3.28. The maximum atomic E-state index is 12.8. The molecule has 2 aromatic carbocycles. The SMILES string of the molecule is N#Cc1cccc(C2CCN(C(=O)CN3CC(c4ccccc4)CC3=O)CC2)c1. The molecule has 4 rings (SSSR count). The van der Waals surface area contributed by atoms with Gasteiger partial charge in [0.2, 0.25) is 11.8 Å². The van der Waals surface area contributed by atoms with Gasteiger partial charge in [0.05, 0.1) is 18.2 Å². The monoisotopic (exact) mass is 387 g/mol. The van der Waals surface area contributed by atoms with Gasteiger partial charge in [-0.1, -0.05) is 42.5 Å². The molecule has 2 aliphatic heterocycles. The number of nitrogens with zero attached hydrogens (tertiary/aromatic N) is 3. The van der Waals surface area contributed by atoms with E-state index in [1.807, 2.05) is 41.3 Å². The summed E-state index contributed by atoms with van der Waals surface area (Å²) in [7, 11) is 0. The number of amides is 2. The lowest BCUT2D eigenvalue weighted by Crippen LogP contribution is -2.44. The molecule has 0 spiro atoms. The van der Waals surface area contributed by atoms with Crippen LogP contribution >= 0.6 is 0 Å². The lowest BCUT2D eigenvalue weighted by molar-refractivity contribution is -0.139. The number of rotatable bonds is 4. The van der Waals surface area contributed by atoms with Crippen LogP contribution in [0.2, 0.25) is 0 Å². The molecule has 0 aromatic heterocycles. The molecule has 1 atom stereocenters. The number of carbonyl (C=O) groups is 2. The van der Waals surface area contributed by atoms with E-state index in [2.05, 4.69) is 24.3 Å². The van der Waals surface area contributed by atoms with Gasteiger partial charge in [0, 0.05) is 32.0 Å². The predicted molar refractivity (Wildman–Crippen MR) is 110 cm³/mol. The highest BCUT2D eigenvalue weighted by atomic mass is 16.2. The summed E-state index contributed by atoms with van der Waals surface area (Å²) >= 11 is 0. The minimum Gasteiger partial charge on any atom is -0.341 e. The number of likely N-dealkylation sites (tertiary alicyclic amines) is 2. The topological polar surface area (TPSA) is 64.4 Å². The molecule has 148 valence electrons. The third-order valence-electron chi connectivity index (χ3n) is 6.15. The highest BCUT2D eigenvalue weighted by Crippen LogP contribution is 2.30. The van der Waals surface area contributed by atoms with E-state index in [1.165, 1.54) is 5.56 Å². The molecule has 0 N–H and O–H groups in total. The lowest BCUT2D eigenvalue weighted by Gasteiger charge is -2.33. The van der Waals surface area contributed by atoms with Crippen LogP contribution in [0.1, 0.15) is 47.8 Å². The van der Waals surface area contributed by atoms with Crippen molar-refractivity contribution in [2.45, 2.75) is 31.1 Å². The van der Waals surface area contributed by atoms with Gasteiger partial charge in [-0.15, -0.1) is 0 Å². The quantitative estimate of drug-likeness (QED) is 0.809. The zero-order chi connectivity index (χ0) is 20.2. The molecule has 2 amide bonds. The fourth-order valence-electron chi connectivity index (χ4n) is 4.46. The second-order valence-corrected chi connectivity index (χ2v) is 7.98. The second kappa shape index (κ2) is 8.48. The third kappa shape index (κ3) is 4.32. The van der Waals surface area contributed by atoms with Crippen LogP contribution in [0.25, 0.3) is 0 Å². The summed E-state index contributed by atoms with van der Waals surface area (Å²) < 4.78 is 0. The Bertz CT molecular complexity index is 927. The largest absolute Gasteiger partial charge is 0.341 e. The van der Waals surface area contributed by atoms with Gasteiger partial charge in [-0.05, 0) is 42.0 Å². The summed E-state index contributed by atoms with van der Waals surface area (Å²) in [5, 5.41) is 9.09. The van der Waals surface area contributed by atoms with Crippen LogP contribution < -0.4 is 0 Å². The first-order valence-corrected chi connectivity index (χ1v) is 10.2. The van der Waals surface area contributed by atoms with Crippen LogP contribution in [0.5, 0.6) is 0 Å². The summed E-state index contributed by atoms with van der Waals surface area (Å²) in [6.07, 6.45) is 2.26. The van der Waals surface area contributed by atoms with Crippen molar-refractivity contribution < 1.29 is 9.59 Å². The van der Waals surface area contributed by atoms with Crippen molar-refractivity contribution in [2.24, 2.45) is 0 Å². The van der Waals surface area contributed by atoms with Crippen LogP contribution in [-0.2, 0) is 9.59 Å². The Morgan fingerprint density at radius 1 is 1.00 bits per heavy atom. The number of hydrogen-bond donors (Lipinski definition) is 0. The van der Waals surface area contributed by atoms with Crippen molar-refractivity contribution in [3.05, 3.63) is 71.3 Å². The first kappa shape index (κ1) is 19.2. The Hall–Kier alpha value is -3.13. The van der Waals surface area contributed by atoms with Gasteiger partial charge in [-0.25, -0.2) is 0 Å². The van der Waals surface area contributed by atoms with E-state index in [4.69, 9.17) is 5.26 Å². The number of piperidine rings is 1. The standard InChI is InChI=1S/C24H25N3O2/c25-15-18-5-4-8-21(13-18)20-9-11-26(12-10-20)24(29)17-27-16-22(14-23(27)28)19-6-2-1-3-7-19/h1-8,13,20,22H,9-12,14,16-17H2. The van der Waals surface area contributed by atoms with E-state index < -0.39 is 0 Å². The Morgan fingerprint density at radius 2 is 1.72 bits per heavy atom. The summed E-state index contributed by atoms with van der Waals surface area (Å²) in [5.41, 5.74) is 3.02. The Labute approximate surface area is 171 Å². The van der Waals surface area contributed by atoms with Gasteiger partial charge in [0.1, 0.15) is 0 Å². The normalized spacial score (nSPS) is 20.0. The minimum atomic E-state index is 0.0382. The van der Waals surface area contributed by atoms with Gasteiger partial charge in [-0.3, -0.25) is 9.59 Å². The molecule has 2 fully saturated rings. The minimum absolute atomic E-state index is 0.0382. The van der Waals surface area contributed by atoms with Crippen molar-refractivity contribution in [3.63, 3.8) is 0 Å². The molecule has 0 radical (unpaired) electrons. The van der Waals surface area contributed by atoms with Crippen LogP contribution in [0.3, 0.4) is 0 Å². The molecule has 1 unspecified atom stereocenters. The number of benzene rings is 2. The Kier molecular flexibility index (Phi) is 5.62. The van der Waals surface area contributed by atoms with Crippen molar-refractivity contribution in [3.8, 4) is 6.07 Å². The molecule has 29 heavy (non-hydrogen) atoms. The number of carbonyl (C=O) groups excluding carboxylic acids is 2. The fourth-order valence-corrected chi connectivity index (χ4v) is 4.46. The zero-order valence-electron chi connectivity index (χ0n) is 16.5. The van der Waals surface area contributed by atoms with Crippen molar-refractivity contribution >= 4 is 11.8 Å². The smallest absolute Gasteiger partial charge is 0.242 e. The molecule has 0 saturated carbocycles. The molecular weight excluding hydrogens is 362 g/mol. The van der Waals surface area contributed by atoms with Gasteiger partial charge >= 0.3 is 0 Å². The molecule has 0 bridgehead atoms. The molecule has 5 heteroatoms. The number of hydrogen-bond acceptors (Lipinski definition) is 3. The first-order chi connectivity index (χ1) is 14.1. The second-order valence-electron chi connectivity index (χ2n) is 7.98. The van der Waals surface area contributed by atoms with Gasteiger partial charge in [0.25, 0.3) is 0 Å². The number of nitriles is 1. The van der Waals surface area contributed by atoms with Crippen molar-refractivity contribution in [1.29, 1.82) is 5.26 Å². The van der Waals surface area contributed by atoms with E-state index >= 15 is 0 Å². The summed E-state index contributed by atoms with van der Waals surface area (Å²) in [5.74, 6) is 0.657. The fraction of sp³-hybridized carbons (Fsp3) is 0.375. The third-order valence-corrected chi connectivity index (χ3v) is 6.15. The van der Waals surface area contributed by atoms with Crippen molar-refractivity contribution in [2.75, 3.05) is 26.2 Å². The van der Waals surface area contributed by atoms with Crippen LogP contribution in [0.4, 0.5) is 0 Å². The summed E-state index contributed by atoms with van der Waals surface area (Å²) in [6, 6.07) is 20.0. The molecule has 2 aromatic rings. The molecule has 0 aliphatic carbocycles. The molecule has 2 aliphatic rings. The van der Waals surface area contributed by atoms with E-state index in [9.17, 15) is 9.59 Å². The van der Waals surface area contributed by atoms with Crippen LogP contribution in [-0.4, -0.2) is 47.8 Å². The Morgan fingerprint density at radius 3 is 2.45 bits per heavy atom. The maximum Gasteiger partial charge on any atom is 0.242 e. The average Bonchev–Trinajstić information content (AvgIpc) is 3.14.